The van der Waals surface area contributed by atoms with Crippen LogP contribution in [0.25, 0.3) is 0 Å². The molecule has 0 bridgehead atoms. The number of imidazole rings is 1. The van der Waals surface area contributed by atoms with Crippen molar-refractivity contribution >= 4 is 5.69 Å². The lowest BCUT2D eigenvalue weighted by Crippen LogP contribution is -2.40. The van der Waals surface area contributed by atoms with Crippen LogP contribution in [0, 0.1) is 0 Å². The van der Waals surface area contributed by atoms with Crippen LogP contribution < -0.4 is 4.90 Å². The normalized spacial score (nSPS) is 18.0. The molecule has 1 N–H and O–H groups in total. The lowest BCUT2D eigenvalue weighted by atomic mass is 10.0. The highest BCUT2D eigenvalue weighted by Crippen LogP contribution is 2.28. The van der Waals surface area contributed by atoms with Gasteiger partial charge in [-0.1, -0.05) is 48.5 Å². The molecule has 4 heteroatoms. The maximum Gasteiger partial charge on any atom is 0.0922 e. The highest BCUT2D eigenvalue weighted by atomic mass is 15.2. The summed E-state index contributed by atoms with van der Waals surface area (Å²) < 4.78 is 0. The van der Waals surface area contributed by atoms with Crippen LogP contribution in [0.5, 0.6) is 0 Å². The molecule has 4 nitrogen and oxygen atoms in total. The molecule has 1 aromatic heterocycles. The Kier molecular flexibility index (Phi) is 4.53. The maximum absolute atomic E-state index is 4.18. The summed E-state index contributed by atoms with van der Waals surface area (Å²) in [6.07, 6.45) is 4.74. The number of benzene rings is 2. The smallest absolute Gasteiger partial charge is 0.0922 e. The van der Waals surface area contributed by atoms with E-state index < -0.39 is 0 Å². The number of aromatic amines is 1. The van der Waals surface area contributed by atoms with Crippen LogP contribution in [-0.2, 0) is 19.5 Å². The Bertz CT molecular complexity index is 798. The first-order valence-electron chi connectivity index (χ1n) is 8.84. The van der Waals surface area contributed by atoms with E-state index in [2.05, 4.69) is 81.4 Å². The zero-order valence-electron chi connectivity index (χ0n) is 14.6. The van der Waals surface area contributed by atoms with E-state index in [1.54, 1.807) is 6.33 Å². The zero-order chi connectivity index (χ0) is 17.1. The number of para-hydroxylation sites is 1. The van der Waals surface area contributed by atoms with Gasteiger partial charge in [0.05, 0.1) is 18.6 Å². The summed E-state index contributed by atoms with van der Waals surface area (Å²) in [7, 11) is 2.24. The second-order valence-electron chi connectivity index (χ2n) is 6.84. The number of hydrogen-bond acceptors (Lipinski definition) is 3. The van der Waals surface area contributed by atoms with Gasteiger partial charge in [0.25, 0.3) is 0 Å². The topological polar surface area (TPSA) is 35.2 Å². The van der Waals surface area contributed by atoms with Gasteiger partial charge in [-0.3, -0.25) is 4.90 Å². The van der Waals surface area contributed by atoms with Crippen molar-refractivity contribution in [3.05, 3.63) is 83.9 Å². The van der Waals surface area contributed by atoms with Crippen molar-refractivity contribution in [1.82, 2.24) is 14.9 Å². The Morgan fingerprint density at radius 3 is 2.68 bits per heavy atom. The Morgan fingerprint density at radius 2 is 1.88 bits per heavy atom. The van der Waals surface area contributed by atoms with Crippen molar-refractivity contribution in [1.29, 1.82) is 0 Å². The summed E-state index contributed by atoms with van der Waals surface area (Å²) in [6.45, 7) is 2.84. The van der Waals surface area contributed by atoms with Gasteiger partial charge in [-0.15, -0.1) is 0 Å². The summed E-state index contributed by atoms with van der Waals surface area (Å²) in [6, 6.07) is 20.0. The fourth-order valence-electron chi connectivity index (χ4n) is 3.68. The molecule has 128 valence electrons. The van der Waals surface area contributed by atoms with E-state index in [1.165, 1.54) is 16.8 Å². The number of anilines is 1. The van der Waals surface area contributed by atoms with E-state index >= 15 is 0 Å². The van der Waals surface area contributed by atoms with Crippen molar-refractivity contribution < 1.29 is 0 Å². The van der Waals surface area contributed by atoms with Gasteiger partial charge in [0.2, 0.25) is 0 Å². The molecule has 4 rings (SSSR count). The van der Waals surface area contributed by atoms with E-state index in [1.807, 2.05) is 6.20 Å². The van der Waals surface area contributed by atoms with Gasteiger partial charge in [-0.2, -0.15) is 0 Å². The van der Waals surface area contributed by atoms with Gasteiger partial charge >= 0.3 is 0 Å². The Hall–Kier alpha value is -2.59. The number of H-pyrrole nitrogens is 1. The van der Waals surface area contributed by atoms with Crippen molar-refractivity contribution in [3.63, 3.8) is 0 Å². The van der Waals surface area contributed by atoms with Crippen LogP contribution in [0.2, 0.25) is 0 Å². The first-order chi connectivity index (χ1) is 12.3. The van der Waals surface area contributed by atoms with Gasteiger partial charge in [-0.05, 0) is 30.7 Å². The molecule has 1 unspecified atom stereocenters. The molecule has 0 saturated carbocycles. The van der Waals surface area contributed by atoms with E-state index in [4.69, 9.17) is 0 Å². The highest BCUT2D eigenvalue weighted by Gasteiger charge is 2.25. The number of likely N-dealkylation sites (N-methyl/N-ethyl adjacent to an activating group) is 1. The fraction of sp³-hybridized carbons (Fsp3) is 0.286. The third kappa shape index (κ3) is 3.59. The molecule has 25 heavy (non-hydrogen) atoms. The van der Waals surface area contributed by atoms with Crippen LogP contribution in [0.4, 0.5) is 5.69 Å². The van der Waals surface area contributed by atoms with Crippen molar-refractivity contribution in [2.75, 3.05) is 18.5 Å². The second-order valence-corrected chi connectivity index (χ2v) is 6.84. The lowest BCUT2D eigenvalue weighted by Gasteiger charge is -2.30. The Morgan fingerprint density at radius 1 is 1.08 bits per heavy atom. The van der Waals surface area contributed by atoms with Crippen LogP contribution in [-0.4, -0.2) is 34.5 Å². The number of nitrogens with zero attached hydrogens (tertiary/aromatic N) is 3. The standard InChI is InChI=1S/C21H24N4/c1-24-13-18-9-5-6-10-21(18)25(14-19-12-22-16-23-19)15-20(24)11-17-7-3-2-4-8-17/h2-10,12,16,20H,11,13-15H2,1H3,(H,22,23). The molecule has 2 aromatic carbocycles. The van der Waals surface area contributed by atoms with Crippen molar-refractivity contribution in [2.45, 2.75) is 25.6 Å². The predicted octanol–water partition coefficient (Wildman–Crippen LogP) is 3.47. The van der Waals surface area contributed by atoms with Crippen LogP contribution >= 0.6 is 0 Å². The summed E-state index contributed by atoms with van der Waals surface area (Å²) in [5.41, 5.74) is 5.27. The summed E-state index contributed by atoms with van der Waals surface area (Å²) >= 11 is 0. The van der Waals surface area contributed by atoms with Gasteiger partial charge in [0.1, 0.15) is 0 Å². The minimum absolute atomic E-state index is 0.470. The first-order valence-corrected chi connectivity index (χ1v) is 8.84. The highest BCUT2D eigenvalue weighted by molar-refractivity contribution is 5.54. The molecule has 0 saturated heterocycles. The van der Waals surface area contributed by atoms with Gasteiger partial charge in [0, 0.05) is 31.0 Å². The number of aromatic nitrogens is 2. The van der Waals surface area contributed by atoms with E-state index in [-0.39, 0.29) is 0 Å². The number of hydrogen-bond donors (Lipinski definition) is 1. The second kappa shape index (κ2) is 7.11. The zero-order valence-corrected chi connectivity index (χ0v) is 14.6. The number of rotatable bonds is 4. The molecule has 0 fully saturated rings. The SMILES string of the molecule is CN1Cc2ccccc2N(Cc2cnc[nH]2)CC1Cc1ccccc1. The maximum atomic E-state index is 4.18. The van der Waals surface area contributed by atoms with E-state index in [0.717, 1.165) is 31.7 Å². The molecule has 0 aliphatic carbocycles. The monoisotopic (exact) mass is 332 g/mol. The molecule has 0 spiro atoms. The molecule has 1 aliphatic heterocycles. The Labute approximate surface area is 149 Å². The molecular formula is C21H24N4. The van der Waals surface area contributed by atoms with Crippen LogP contribution in [0.15, 0.2) is 67.1 Å². The van der Waals surface area contributed by atoms with Crippen LogP contribution in [0.1, 0.15) is 16.8 Å². The largest absolute Gasteiger partial charge is 0.364 e. The number of nitrogens with one attached hydrogen (secondary N) is 1. The predicted molar refractivity (Wildman–Crippen MR) is 101 cm³/mol. The third-order valence-electron chi connectivity index (χ3n) is 5.04. The summed E-state index contributed by atoms with van der Waals surface area (Å²) in [5, 5.41) is 0. The average Bonchev–Trinajstić information content (AvgIpc) is 3.10. The molecule has 1 atom stereocenters. The summed E-state index contributed by atoms with van der Waals surface area (Å²) in [4.78, 5) is 12.4. The van der Waals surface area contributed by atoms with Crippen LogP contribution in [0.3, 0.4) is 0 Å². The fourth-order valence-corrected chi connectivity index (χ4v) is 3.68. The Balaban J connectivity index is 1.62. The third-order valence-corrected chi connectivity index (χ3v) is 5.04. The van der Waals surface area contributed by atoms with E-state index in [0.29, 0.717) is 6.04 Å². The molecule has 1 aliphatic rings. The van der Waals surface area contributed by atoms with Gasteiger partial charge < -0.3 is 9.88 Å². The molecule has 3 aromatic rings. The van der Waals surface area contributed by atoms with Crippen molar-refractivity contribution in [3.8, 4) is 0 Å². The molecule has 0 radical (unpaired) electrons. The van der Waals surface area contributed by atoms with Crippen molar-refractivity contribution in [2.24, 2.45) is 0 Å². The molecule has 2 heterocycles. The minimum Gasteiger partial charge on any atom is -0.364 e. The molecular weight excluding hydrogens is 308 g/mol. The number of fused-ring (bicyclic) bond motifs is 1. The minimum atomic E-state index is 0.470. The lowest BCUT2D eigenvalue weighted by molar-refractivity contribution is 0.240. The van der Waals surface area contributed by atoms with E-state index in [9.17, 15) is 0 Å². The summed E-state index contributed by atoms with van der Waals surface area (Å²) in [5.74, 6) is 0. The van der Waals surface area contributed by atoms with Gasteiger partial charge in [0.15, 0.2) is 0 Å². The van der Waals surface area contributed by atoms with Gasteiger partial charge in [-0.25, -0.2) is 4.98 Å². The average molecular weight is 332 g/mol. The first kappa shape index (κ1) is 15.9. The molecule has 0 amide bonds. The quantitative estimate of drug-likeness (QED) is 0.794.